The molecule has 3 nitrogen and oxygen atoms in total. The first-order valence-electron chi connectivity index (χ1n) is 6.01. The van der Waals surface area contributed by atoms with Crippen LogP contribution in [0.4, 0.5) is 11.4 Å². The minimum absolute atomic E-state index is 0.0460. The first-order chi connectivity index (χ1) is 8.83. The second-order valence-electron chi connectivity index (χ2n) is 4.41. The maximum atomic E-state index is 11.7. The molecule has 2 aromatic rings. The summed E-state index contributed by atoms with van der Waals surface area (Å²) in [5.41, 5.74) is 3.19. The van der Waals surface area contributed by atoms with Crippen LogP contribution in [0, 0.1) is 0 Å². The highest BCUT2D eigenvalue weighted by atomic mass is 16.2. The van der Waals surface area contributed by atoms with Gasteiger partial charge in [-0.2, -0.15) is 0 Å². The third kappa shape index (κ3) is 2.07. The molecule has 1 aliphatic heterocycles. The highest BCUT2D eigenvalue weighted by Gasteiger charge is 2.21. The minimum atomic E-state index is 0.0460. The molecular weight excluding hydrogens is 224 g/mol. The smallest absolute Gasteiger partial charge is 0.243 e. The summed E-state index contributed by atoms with van der Waals surface area (Å²) >= 11 is 0. The highest BCUT2D eigenvalue weighted by Crippen LogP contribution is 2.29. The van der Waals surface area contributed by atoms with Gasteiger partial charge < -0.3 is 10.2 Å². The van der Waals surface area contributed by atoms with Crippen LogP contribution in [0.15, 0.2) is 54.6 Å². The first-order valence-corrected chi connectivity index (χ1v) is 6.01. The van der Waals surface area contributed by atoms with Crippen molar-refractivity contribution in [3.05, 3.63) is 60.2 Å². The van der Waals surface area contributed by atoms with Gasteiger partial charge in [-0.15, -0.1) is 0 Å². The Morgan fingerprint density at radius 3 is 2.56 bits per heavy atom. The van der Waals surface area contributed by atoms with Gasteiger partial charge in [0.1, 0.15) is 0 Å². The molecule has 0 atom stereocenters. The van der Waals surface area contributed by atoms with Crippen LogP contribution in [-0.2, 0) is 11.3 Å². The zero-order chi connectivity index (χ0) is 12.4. The Kier molecular flexibility index (Phi) is 2.73. The van der Waals surface area contributed by atoms with Gasteiger partial charge in [-0.3, -0.25) is 4.79 Å². The van der Waals surface area contributed by atoms with Crippen molar-refractivity contribution in [3.63, 3.8) is 0 Å². The van der Waals surface area contributed by atoms with Crippen molar-refractivity contribution in [2.45, 2.75) is 6.54 Å². The monoisotopic (exact) mass is 238 g/mol. The van der Waals surface area contributed by atoms with Crippen LogP contribution in [0.2, 0.25) is 0 Å². The summed E-state index contributed by atoms with van der Waals surface area (Å²) in [5.74, 6) is 0.0460. The lowest BCUT2D eigenvalue weighted by Gasteiger charge is -2.30. The fourth-order valence-corrected chi connectivity index (χ4v) is 2.25. The van der Waals surface area contributed by atoms with E-state index < -0.39 is 0 Å². The largest absolute Gasteiger partial charge is 0.356 e. The zero-order valence-electron chi connectivity index (χ0n) is 9.97. The van der Waals surface area contributed by atoms with Crippen molar-refractivity contribution >= 4 is 17.3 Å². The lowest BCUT2D eigenvalue weighted by Crippen LogP contribution is -2.37. The van der Waals surface area contributed by atoms with Crippen LogP contribution in [0.25, 0.3) is 0 Å². The van der Waals surface area contributed by atoms with E-state index in [1.165, 1.54) is 5.56 Å². The predicted molar refractivity (Wildman–Crippen MR) is 72.6 cm³/mol. The van der Waals surface area contributed by atoms with E-state index in [2.05, 4.69) is 22.3 Å². The molecule has 0 radical (unpaired) electrons. The molecule has 0 aromatic heterocycles. The summed E-state index contributed by atoms with van der Waals surface area (Å²) in [5, 5.41) is 2.90. The van der Waals surface area contributed by atoms with Crippen molar-refractivity contribution in [3.8, 4) is 0 Å². The zero-order valence-corrected chi connectivity index (χ0v) is 9.97. The number of fused-ring (bicyclic) bond motifs is 1. The predicted octanol–water partition coefficient (Wildman–Crippen LogP) is 2.65. The molecule has 1 heterocycles. The molecule has 0 saturated heterocycles. The Morgan fingerprint density at radius 2 is 1.72 bits per heavy atom. The molecule has 0 fully saturated rings. The number of anilines is 2. The number of nitrogens with zero attached hydrogens (tertiary/aromatic N) is 1. The molecule has 2 aromatic carbocycles. The number of hydrogen-bond acceptors (Lipinski definition) is 2. The number of hydrogen-bond donors (Lipinski definition) is 1. The second-order valence-corrected chi connectivity index (χ2v) is 4.41. The van der Waals surface area contributed by atoms with E-state index in [0.29, 0.717) is 6.54 Å². The van der Waals surface area contributed by atoms with Crippen molar-refractivity contribution in [1.29, 1.82) is 0 Å². The molecule has 1 N–H and O–H groups in total. The Bertz CT molecular complexity index is 566. The van der Waals surface area contributed by atoms with E-state index >= 15 is 0 Å². The van der Waals surface area contributed by atoms with Crippen molar-refractivity contribution in [2.75, 3.05) is 16.8 Å². The third-order valence-corrected chi connectivity index (χ3v) is 3.07. The summed E-state index contributed by atoms with van der Waals surface area (Å²) < 4.78 is 0. The Morgan fingerprint density at radius 1 is 1.00 bits per heavy atom. The van der Waals surface area contributed by atoms with Gasteiger partial charge >= 0.3 is 0 Å². The Balaban J connectivity index is 1.91. The summed E-state index contributed by atoms with van der Waals surface area (Å²) in [7, 11) is 0. The summed E-state index contributed by atoms with van der Waals surface area (Å²) in [4.78, 5) is 13.8. The number of nitrogens with one attached hydrogen (secondary N) is 1. The third-order valence-electron chi connectivity index (χ3n) is 3.07. The molecule has 0 spiro atoms. The fourth-order valence-electron chi connectivity index (χ4n) is 2.25. The molecule has 90 valence electrons. The number of rotatable bonds is 2. The van der Waals surface area contributed by atoms with Gasteiger partial charge in [-0.25, -0.2) is 0 Å². The van der Waals surface area contributed by atoms with Gasteiger partial charge in [0.05, 0.1) is 17.9 Å². The fraction of sp³-hybridized carbons (Fsp3) is 0.133. The summed E-state index contributed by atoms with van der Waals surface area (Å²) in [6, 6.07) is 18.1. The van der Waals surface area contributed by atoms with E-state index in [-0.39, 0.29) is 5.91 Å². The Labute approximate surface area is 106 Å². The molecule has 0 bridgehead atoms. The minimum Gasteiger partial charge on any atom is -0.356 e. The SMILES string of the molecule is O=C1CN(Cc2ccccc2)c2ccccc2N1. The first kappa shape index (κ1) is 10.8. The van der Waals surface area contributed by atoms with Gasteiger partial charge in [-0.1, -0.05) is 42.5 Å². The second kappa shape index (κ2) is 4.53. The summed E-state index contributed by atoms with van der Waals surface area (Å²) in [6.45, 7) is 1.16. The van der Waals surface area contributed by atoms with Gasteiger partial charge in [-0.05, 0) is 17.7 Å². The van der Waals surface area contributed by atoms with Crippen LogP contribution in [0.1, 0.15) is 5.56 Å². The van der Waals surface area contributed by atoms with Gasteiger partial charge in [0.25, 0.3) is 0 Å². The molecule has 0 unspecified atom stereocenters. The normalized spacial score (nSPS) is 14.0. The van der Waals surface area contributed by atoms with Crippen molar-refractivity contribution in [1.82, 2.24) is 0 Å². The molecule has 3 heteroatoms. The molecule has 3 rings (SSSR count). The molecule has 1 amide bonds. The lowest BCUT2D eigenvalue weighted by molar-refractivity contribution is -0.115. The summed E-state index contributed by atoms with van der Waals surface area (Å²) in [6.07, 6.45) is 0. The molecular formula is C15H14N2O. The number of carbonyl (C=O) groups excluding carboxylic acids is 1. The van der Waals surface area contributed by atoms with E-state index in [1.807, 2.05) is 42.5 Å². The number of benzene rings is 2. The standard InChI is InChI=1S/C15H14N2O/c18-15-11-17(10-12-6-2-1-3-7-12)14-9-5-4-8-13(14)16-15/h1-9H,10-11H2,(H,16,18). The molecule has 18 heavy (non-hydrogen) atoms. The topological polar surface area (TPSA) is 32.3 Å². The van der Waals surface area contributed by atoms with E-state index in [0.717, 1.165) is 17.9 Å². The van der Waals surface area contributed by atoms with E-state index in [9.17, 15) is 4.79 Å². The van der Waals surface area contributed by atoms with Gasteiger partial charge in [0.2, 0.25) is 5.91 Å². The van der Waals surface area contributed by atoms with Crippen LogP contribution in [-0.4, -0.2) is 12.5 Å². The van der Waals surface area contributed by atoms with Gasteiger partial charge in [0, 0.05) is 6.54 Å². The maximum absolute atomic E-state index is 11.7. The average molecular weight is 238 g/mol. The average Bonchev–Trinajstić information content (AvgIpc) is 2.40. The highest BCUT2D eigenvalue weighted by molar-refractivity contribution is 6.01. The quantitative estimate of drug-likeness (QED) is 0.872. The molecule has 0 saturated carbocycles. The Hall–Kier alpha value is -2.29. The maximum Gasteiger partial charge on any atom is 0.243 e. The van der Waals surface area contributed by atoms with Crippen molar-refractivity contribution < 1.29 is 4.79 Å². The van der Waals surface area contributed by atoms with E-state index in [4.69, 9.17) is 0 Å². The molecule has 0 aliphatic carbocycles. The van der Waals surface area contributed by atoms with Crippen molar-refractivity contribution in [2.24, 2.45) is 0 Å². The number of amides is 1. The molecule has 1 aliphatic rings. The van der Waals surface area contributed by atoms with Gasteiger partial charge in [0.15, 0.2) is 0 Å². The number of para-hydroxylation sites is 2. The van der Waals surface area contributed by atoms with Crippen LogP contribution in [0.5, 0.6) is 0 Å². The van der Waals surface area contributed by atoms with Crippen LogP contribution >= 0.6 is 0 Å². The van der Waals surface area contributed by atoms with Crippen LogP contribution in [0.3, 0.4) is 0 Å². The lowest BCUT2D eigenvalue weighted by atomic mass is 10.1. The number of carbonyl (C=O) groups is 1. The van der Waals surface area contributed by atoms with Crippen LogP contribution < -0.4 is 10.2 Å². The van der Waals surface area contributed by atoms with E-state index in [1.54, 1.807) is 0 Å².